The van der Waals surface area contributed by atoms with Crippen LogP contribution >= 0.6 is 0 Å². The van der Waals surface area contributed by atoms with Gasteiger partial charge in [0.05, 0.1) is 25.3 Å². The normalized spacial score (nSPS) is 21.8. The summed E-state index contributed by atoms with van der Waals surface area (Å²) in [6.45, 7) is 2.47. The molecule has 2 aliphatic heterocycles. The number of rotatable bonds is 6. The molecule has 1 saturated heterocycles. The fraction of sp³-hybridized carbons (Fsp3) is 0.333. The molecule has 1 N–H and O–H groups in total. The molecule has 1 fully saturated rings. The second kappa shape index (κ2) is 8.43. The molecule has 7 nitrogen and oxygen atoms in total. The number of aliphatic hydroxyl groups excluding tert-OH is 1. The number of likely N-dealkylation sites (tertiary alicyclic amines) is 1. The van der Waals surface area contributed by atoms with E-state index in [-0.39, 0.29) is 30.6 Å². The Balaban J connectivity index is 1.81. The number of carbonyl (C=O) groups excluding carboxylic acids is 2. The highest BCUT2D eigenvalue weighted by Gasteiger charge is 2.46. The van der Waals surface area contributed by atoms with E-state index in [0.717, 1.165) is 17.7 Å². The van der Waals surface area contributed by atoms with Crippen LogP contribution in [-0.4, -0.2) is 55.2 Å². The van der Waals surface area contributed by atoms with Crippen molar-refractivity contribution >= 4 is 17.4 Å². The van der Waals surface area contributed by atoms with Crippen molar-refractivity contribution in [2.24, 2.45) is 0 Å². The van der Waals surface area contributed by atoms with Crippen molar-refractivity contribution in [1.82, 2.24) is 4.90 Å². The number of fused-ring (bicyclic) bond motifs is 1. The molecule has 7 heteroatoms. The number of amides is 1. The summed E-state index contributed by atoms with van der Waals surface area (Å²) in [6, 6.07) is 11.7. The zero-order valence-electron chi connectivity index (χ0n) is 17.8. The van der Waals surface area contributed by atoms with Crippen LogP contribution in [0.4, 0.5) is 0 Å². The number of ketones is 1. The van der Waals surface area contributed by atoms with Gasteiger partial charge in [-0.05, 0) is 48.4 Å². The van der Waals surface area contributed by atoms with E-state index in [9.17, 15) is 14.7 Å². The highest BCUT2D eigenvalue weighted by molar-refractivity contribution is 6.46. The number of methoxy groups -OCH3 is 2. The van der Waals surface area contributed by atoms with E-state index in [2.05, 4.69) is 0 Å². The van der Waals surface area contributed by atoms with Crippen molar-refractivity contribution in [2.75, 3.05) is 27.4 Å². The van der Waals surface area contributed by atoms with E-state index in [1.807, 2.05) is 13.0 Å². The first kappa shape index (κ1) is 20.9. The monoisotopic (exact) mass is 423 g/mol. The Morgan fingerprint density at radius 1 is 1.16 bits per heavy atom. The van der Waals surface area contributed by atoms with E-state index in [4.69, 9.17) is 14.2 Å². The molecular formula is C24H25NO6. The van der Waals surface area contributed by atoms with Gasteiger partial charge in [-0.15, -0.1) is 0 Å². The van der Waals surface area contributed by atoms with Crippen LogP contribution < -0.4 is 9.47 Å². The molecule has 0 unspecified atom stereocenters. The van der Waals surface area contributed by atoms with Gasteiger partial charge in [0.15, 0.2) is 0 Å². The molecule has 0 saturated carbocycles. The molecule has 0 bridgehead atoms. The lowest BCUT2D eigenvalue weighted by Gasteiger charge is -2.25. The lowest BCUT2D eigenvalue weighted by atomic mass is 9.94. The molecule has 0 aromatic heterocycles. The maximum Gasteiger partial charge on any atom is 0.295 e. The van der Waals surface area contributed by atoms with Crippen molar-refractivity contribution in [2.45, 2.75) is 25.5 Å². The molecule has 0 aliphatic carbocycles. The largest absolute Gasteiger partial charge is 0.507 e. The maximum atomic E-state index is 13.0. The second-order valence-electron chi connectivity index (χ2n) is 7.71. The van der Waals surface area contributed by atoms with Gasteiger partial charge in [-0.2, -0.15) is 0 Å². The quantitative estimate of drug-likeness (QED) is 0.437. The zero-order chi connectivity index (χ0) is 22.1. The van der Waals surface area contributed by atoms with Crippen molar-refractivity contribution in [3.8, 4) is 11.5 Å². The van der Waals surface area contributed by atoms with Crippen LogP contribution in [0.25, 0.3) is 5.76 Å². The number of nitrogens with zero attached hydrogens (tertiary/aromatic N) is 1. The third-order valence-electron chi connectivity index (χ3n) is 5.68. The SMILES string of the molecule is COCCN1C(=O)C(=O)C(=C(O)c2ccc3c(c2)C[C@@H](C)O3)[C@@H]1c1ccc(OC)cc1. The van der Waals surface area contributed by atoms with E-state index >= 15 is 0 Å². The van der Waals surface area contributed by atoms with Gasteiger partial charge in [-0.25, -0.2) is 0 Å². The molecule has 2 aromatic carbocycles. The van der Waals surface area contributed by atoms with Crippen LogP contribution in [0.5, 0.6) is 11.5 Å². The van der Waals surface area contributed by atoms with Crippen LogP contribution in [-0.2, 0) is 20.7 Å². The van der Waals surface area contributed by atoms with Gasteiger partial charge in [-0.3, -0.25) is 9.59 Å². The van der Waals surface area contributed by atoms with Gasteiger partial charge >= 0.3 is 0 Å². The number of ether oxygens (including phenoxy) is 3. The fourth-order valence-electron chi connectivity index (χ4n) is 4.16. The lowest BCUT2D eigenvalue weighted by molar-refractivity contribution is -0.140. The van der Waals surface area contributed by atoms with Gasteiger partial charge in [-0.1, -0.05) is 12.1 Å². The summed E-state index contributed by atoms with van der Waals surface area (Å²) in [5, 5.41) is 11.2. The molecule has 2 atom stereocenters. The van der Waals surface area contributed by atoms with Crippen molar-refractivity contribution in [3.05, 3.63) is 64.7 Å². The summed E-state index contributed by atoms with van der Waals surface area (Å²) in [5.41, 5.74) is 2.22. The highest BCUT2D eigenvalue weighted by atomic mass is 16.5. The van der Waals surface area contributed by atoms with E-state index < -0.39 is 17.7 Å². The summed E-state index contributed by atoms with van der Waals surface area (Å²) < 4.78 is 16.1. The van der Waals surface area contributed by atoms with Crippen molar-refractivity contribution < 1.29 is 28.9 Å². The molecule has 2 aromatic rings. The van der Waals surface area contributed by atoms with Gasteiger partial charge in [0.2, 0.25) is 0 Å². The summed E-state index contributed by atoms with van der Waals surface area (Å²) in [5.74, 6) is -0.125. The Morgan fingerprint density at radius 3 is 2.58 bits per heavy atom. The molecule has 0 spiro atoms. The van der Waals surface area contributed by atoms with Crippen molar-refractivity contribution in [1.29, 1.82) is 0 Å². The Labute approximate surface area is 180 Å². The van der Waals surface area contributed by atoms with Gasteiger partial charge in [0.25, 0.3) is 11.7 Å². The molecule has 4 rings (SSSR count). The Kier molecular flexibility index (Phi) is 5.69. The summed E-state index contributed by atoms with van der Waals surface area (Å²) in [4.78, 5) is 27.3. The van der Waals surface area contributed by atoms with Gasteiger partial charge < -0.3 is 24.2 Å². The van der Waals surface area contributed by atoms with E-state index in [1.165, 1.54) is 12.0 Å². The smallest absolute Gasteiger partial charge is 0.295 e. The minimum Gasteiger partial charge on any atom is -0.507 e. The Hall–Kier alpha value is -3.32. The summed E-state index contributed by atoms with van der Waals surface area (Å²) >= 11 is 0. The first-order valence-corrected chi connectivity index (χ1v) is 10.2. The van der Waals surface area contributed by atoms with Crippen LogP contribution in [0.3, 0.4) is 0 Å². The van der Waals surface area contributed by atoms with Gasteiger partial charge in [0, 0.05) is 25.6 Å². The Bertz CT molecular complexity index is 1040. The predicted molar refractivity (Wildman–Crippen MR) is 114 cm³/mol. The number of aliphatic hydroxyl groups is 1. The molecular weight excluding hydrogens is 398 g/mol. The number of hydrogen-bond donors (Lipinski definition) is 1. The third-order valence-corrected chi connectivity index (χ3v) is 5.68. The number of Topliss-reactive ketones (excluding diaryl/α,β-unsaturated/α-hetero) is 1. The molecule has 162 valence electrons. The molecule has 2 heterocycles. The first-order valence-electron chi connectivity index (χ1n) is 10.2. The topological polar surface area (TPSA) is 85.3 Å². The number of benzene rings is 2. The molecule has 1 amide bonds. The Morgan fingerprint density at radius 2 is 1.90 bits per heavy atom. The lowest BCUT2D eigenvalue weighted by Crippen LogP contribution is -2.32. The average molecular weight is 423 g/mol. The standard InChI is InChI=1S/C24H25NO6/c1-14-12-17-13-16(6-9-19(17)31-14)22(26)20-21(15-4-7-18(30-3)8-5-15)25(10-11-29-2)24(28)23(20)27/h4-9,13-14,21,26H,10-12H2,1-3H3/t14-,21+/m1/s1. The van der Waals surface area contributed by atoms with Crippen LogP contribution in [0.2, 0.25) is 0 Å². The van der Waals surface area contributed by atoms with Gasteiger partial charge in [0.1, 0.15) is 23.4 Å². The average Bonchev–Trinajstić information content (AvgIpc) is 3.27. The van der Waals surface area contributed by atoms with E-state index in [0.29, 0.717) is 16.9 Å². The molecule has 0 radical (unpaired) electrons. The highest BCUT2D eigenvalue weighted by Crippen LogP contribution is 2.40. The molecule has 2 aliphatic rings. The summed E-state index contributed by atoms with van der Waals surface area (Å²) in [6.07, 6.45) is 0.784. The minimum absolute atomic E-state index is 0.0614. The third kappa shape index (κ3) is 3.77. The summed E-state index contributed by atoms with van der Waals surface area (Å²) in [7, 11) is 3.10. The van der Waals surface area contributed by atoms with E-state index in [1.54, 1.807) is 43.5 Å². The first-order chi connectivity index (χ1) is 14.9. The predicted octanol–water partition coefficient (Wildman–Crippen LogP) is 3.09. The zero-order valence-corrected chi connectivity index (χ0v) is 17.8. The number of carbonyl (C=O) groups is 2. The van der Waals surface area contributed by atoms with Crippen LogP contribution in [0.1, 0.15) is 29.7 Å². The second-order valence-corrected chi connectivity index (χ2v) is 7.71. The minimum atomic E-state index is -0.718. The fourth-order valence-corrected chi connectivity index (χ4v) is 4.16. The van der Waals surface area contributed by atoms with Crippen LogP contribution in [0.15, 0.2) is 48.0 Å². The molecule has 31 heavy (non-hydrogen) atoms. The van der Waals surface area contributed by atoms with Crippen molar-refractivity contribution in [3.63, 3.8) is 0 Å². The number of hydrogen-bond acceptors (Lipinski definition) is 6. The van der Waals surface area contributed by atoms with Crippen LogP contribution in [0, 0.1) is 0 Å². The maximum absolute atomic E-state index is 13.0.